The van der Waals surface area contributed by atoms with Crippen LogP contribution in [0, 0.1) is 0 Å². The van der Waals surface area contributed by atoms with Gasteiger partial charge in [0.1, 0.15) is 11.8 Å². The highest BCUT2D eigenvalue weighted by molar-refractivity contribution is 5.92. The largest absolute Gasteiger partial charge is 0.360 e. The lowest BCUT2D eigenvalue weighted by molar-refractivity contribution is 0.427. The molecule has 4 aliphatic rings. The van der Waals surface area contributed by atoms with Crippen LogP contribution in [0.25, 0.3) is 78.4 Å². The number of hydrogen-bond acceptors (Lipinski definition) is 7. The van der Waals surface area contributed by atoms with Gasteiger partial charge in [0.2, 0.25) is 0 Å². The zero-order valence-corrected chi connectivity index (χ0v) is 47.1. The molecule has 0 saturated carbocycles. The number of hydrogen-bond donors (Lipinski definition) is 1. The van der Waals surface area contributed by atoms with Gasteiger partial charge >= 0.3 is 0 Å². The molecule has 0 amide bonds. The Morgan fingerprint density at radius 1 is 0.417 bits per heavy atom. The molecule has 5 heterocycles. The van der Waals surface area contributed by atoms with Gasteiger partial charge in [-0.25, -0.2) is 15.0 Å². The van der Waals surface area contributed by atoms with Crippen molar-refractivity contribution in [1.29, 1.82) is 0 Å². The van der Waals surface area contributed by atoms with E-state index in [1.807, 2.05) is 24.3 Å². The molecule has 2 aliphatic carbocycles. The van der Waals surface area contributed by atoms with Crippen LogP contribution in [0.1, 0.15) is 55.5 Å². The summed E-state index contributed by atoms with van der Waals surface area (Å²) in [5.41, 5.74) is 27.0. The number of aromatic nitrogens is 4. The zero-order valence-electron chi connectivity index (χ0n) is 47.1. The summed E-state index contributed by atoms with van der Waals surface area (Å²) < 4.78 is 2.09. The molecular formula is C76H58N8. The second kappa shape index (κ2) is 19.0. The molecule has 2 aliphatic heterocycles. The lowest BCUT2D eigenvalue weighted by Gasteiger charge is -2.28. The van der Waals surface area contributed by atoms with E-state index < -0.39 is 0 Å². The average Bonchev–Trinajstić information content (AvgIpc) is 2.84. The van der Waals surface area contributed by atoms with Crippen molar-refractivity contribution in [1.82, 2.24) is 29.6 Å². The molecule has 0 radical (unpaired) electrons. The summed E-state index contributed by atoms with van der Waals surface area (Å²) in [6, 6.07) is 81.1. The maximum Gasteiger partial charge on any atom is 0.137 e. The highest BCUT2D eigenvalue weighted by Gasteiger charge is 2.38. The first-order valence-electron chi connectivity index (χ1n) is 28.9. The summed E-state index contributed by atoms with van der Waals surface area (Å²) in [6.45, 7) is 9.42. The fraction of sp³-hybridized carbons (Fsp3) is 0.0921. The molecule has 402 valence electrons. The van der Waals surface area contributed by atoms with Crippen LogP contribution in [0.3, 0.4) is 0 Å². The minimum absolute atomic E-state index is 0.144. The van der Waals surface area contributed by atoms with Crippen molar-refractivity contribution in [3.05, 3.63) is 295 Å². The molecule has 0 fully saturated rings. The Balaban J connectivity index is 0.726. The summed E-state index contributed by atoms with van der Waals surface area (Å²) in [5.74, 6) is 0. The Hall–Kier alpha value is -10.6. The van der Waals surface area contributed by atoms with Gasteiger partial charge in [-0.3, -0.25) is 0 Å². The van der Waals surface area contributed by atoms with E-state index in [2.05, 4.69) is 295 Å². The van der Waals surface area contributed by atoms with Crippen molar-refractivity contribution in [2.75, 3.05) is 9.80 Å². The van der Waals surface area contributed by atoms with Crippen LogP contribution >= 0.6 is 0 Å². The maximum atomic E-state index is 5.38. The number of allylic oxidation sites excluding steroid dienone is 2. The molecule has 16 rings (SSSR count). The number of rotatable bonds is 10. The molecule has 1 unspecified atom stereocenters. The van der Waals surface area contributed by atoms with Gasteiger partial charge in [0.25, 0.3) is 0 Å². The summed E-state index contributed by atoms with van der Waals surface area (Å²) in [5, 5.41) is 3.71. The Morgan fingerprint density at radius 2 is 0.869 bits per heavy atom. The van der Waals surface area contributed by atoms with Gasteiger partial charge in [-0.15, -0.1) is 0 Å². The van der Waals surface area contributed by atoms with Crippen LogP contribution in [-0.2, 0) is 10.8 Å². The van der Waals surface area contributed by atoms with E-state index in [1.54, 1.807) is 0 Å². The van der Waals surface area contributed by atoms with Crippen LogP contribution in [0.15, 0.2) is 267 Å². The number of anilines is 6. The standard InChI is InChI=1S/C76H58N8/c1-75(2)63-43-51(69-47-81-41-15-13-23-71(81)77-69)29-37-59(63)61-39-35-57(45-65(61)75)83(53-17-7-5-8-18-53)55-31-25-49(26-32-55)73-74(80-68-22-12-11-21-67(68)79-73)50-27-33-56(34-28-50)84(54-19-9-6-10-20-54)58-36-40-62-60-38-30-52(44-64(60)76(3,4)66(62)46-58)70-48-82-42-16-14-24-72(82)78-70/h5-48,71,77H,1-4H3. The molecule has 0 bridgehead atoms. The van der Waals surface area contributed by atoms with Gasteiger partial charge in [-0.1, -0.05) is 149 Å². The quantitative estimate of drug-likeness (QED) is 0.146. The number of imidazole rings is 1. The Kier molecular flexibility index (Phi) is 11.1. The van der Waals surface area contributed by atoms with Crippen molar-refractivity contribution in [3.63, 3.8) is 0 Å². The van der Waals surface area contributed by atoms with Crippen LogP contribution in [0.5, 0.6) is 0 Å². The molecule has 8 heteroatoms. The van der Waals surface area contributed by atoms with E-state index in [9.17, 15) is 0 Å². The lowest BCUT2D eigenvalue weighted by atomic mass is 9.81. The number of benzene rings is 9. The molecule has 0 saturated heterocycles. The third-order valence-corrected chi connectivity index (χ3v) is 17.8. The first-order valence-corrected chi connectivity index (χ1v) is 28.9. The van der Waals surface area contributed by atoms with Crippen molar-refractivity contribution in [2.24, 2.45) is 0 Å². The molecule has 9 aromatic carbocycles. The molecule has 1 atom stereocenters. The third kappa shape index (κ3) is 8.00. The van der Waals surface area contributed by atoms with Gasteiger partial charge < -0.3 is 24.4 Å². The minimum atomic E-state index is -0.247. The predicted octanol–water partition coefficient (Wildman–Crippen LogP) is 18.4. The smallest absolute Gasteiger partial charge is 0.137 e. The average molecular weight is 1080 g/mol. The maximum absolute atomic E-state index is 5.38. The number of pyridine rings is 1. The normalized spacial score (nSPS) is 15.5. The Labute approximate surface area is 489 Å². The molecule has 0 spiro atoms. The summed E-state index contributed by atoms with van der Waals surface area (Å²) in [4.78, 5) is 22.7. The van der Waals surface area contributed by atoms with Gasteiger partial charge in [-0.05, 0) is 171 Å². The monoisotopic (exact) mass is 1080 g/mol. The fourth-order valence-corrected chi connectivity index (χ4v) is 13.4. The van der Waals surface area contributed by atoms with Crippen molar-refractivity contribution in [3.8, 4) is 56.0 Å². The fourth-order valence-electron chi connectivity index (χ4n) is 13.4. The van der Waals surface area contributed by atoms with E-state index in [-0.39, 0.29) is 17.0 Å². The minimum Gasteiger partial charge on any atom is -0.360 e. The molecule has 8 nitrogen and oxygen atoms in total. The molecule has 12 aromatic rings. The van der Waals surface area contributed by atoms with Crippen LogP contribution in [-0.4, -0.2) is 30.4 Å². The highest BCUT2D eigenvalue weighted by atomic mass is 15.3. The molecule has 3 aromatic heterocycles. The van der Waals surface area contributed by atoms with E-state index >= 15 is 0 Å². The van der Waals surface area contributed by atoms with E-state index in [1.165, 1.54) is 50.1 Å². The van der Waals surface area contributed by atoms with Crippen molar-refractivity contribution >= 4 is 56.5 Å². The van der Waals surface area contributed by atoms with Crippen LogP contribution < -0.4 is 15.1 Å². The molecule has 84 heavy (non-hydrogen) atoms. The highest BCUT2D eigenvalue weighted by Crippen LogP contribution is 2.54. The summed E-state index contributed by atoms with van der Waals surface area (Å²) in [6.07, 6.45) is 15.0. The number of nitrogens with one attached hydrogen (secondary N) is 1. The summed E-state index contributed by atoms with van der Waals surface area (Å²) in [7, 11) is 0. The van der Waals surface area contributed by atoms with E-state index in [4.69, 9.17) is 15.0 Å². The topological polar surface area (TPSA) is 64.8 Å². The van der Waals surface area contributed by atoms with Crippen molar-refractivity contribution in [2.45, 2.75) is 44.7 Å². The third-order valence-electron chi connectivity index (χ3n) is 17.8. The van der Waals surface area contributed by atoms with E-state index in [0.29, 0.717) is 0 Å². The van der Waals surface area contributed by atoms with Gasteiger partial charge in [0.15, 0.2) is 0 Å². The lowest BCUT2D eigenvalue weighted by Crippen LogP contribution is -2.31. The van der Waals surface area contributed by atoms with Crippen LogP contribution in [0.4, 0.5) is 34.1 Å². The Bertz CT molecular complexity index is 4670. The predicted molar refractivity (Wildman–Crippen MR) is 344 cm³/mol. The van der Waals surface area contributed by atoms with Gasteiger partial charge in [-0.2, -0.15) is 0 Å². The second-order valence-corrected chi connectivity index (χ2v) is 23.5. The van der Waals surface area contributed by atoms with Crippen LogP contribution in [0.2, 0.25) is 0 Å². The van der Waals surface area contributed by atoms with Gasteiger partial charge in [0.05, 0.1) is 33.8 Å². The van der Waals surface area contributed by atoms with Gasteiger partial charge in [0, 0.05) is 86.4 Å². The first kappa shape index (κ1) is 49.3. The van der Waals surface area contributed by atoms with E-state index in [0.717, 1.165) is 90.3 Å². The molecular weight excluding hydrogens is 1020 g/mol. The first-order chi connectivity index (χ1) is 41.1. The summed E-state index contributed by atoms with van der Waals surface area (Å²) >= 11 is 0. The zero-order chi connectivity index (χ0) is 56.3. The number of fused-ring (bicyclic) bond motifs is 9. The SMILES string of the molecule is CC1(C)c2cc(C3=CN4C=CC=CC4N3)ccc2-c2ccc(N(c3ccccc3)c3ccc(-c4nc5ccccc5nc4-c4ccc(N(c5ccccc5)c5ccc6c(c5)C(C)(C)c5cc(-c7cn8ccccc8n7)ccc5-6)cc4)cc3)cc21. The number of nitrogens with zero attached hydrogens (tertiary/aromatic N) is 7. The Morgan fingerprint density at radius 3 is 1.40 bits per heavy atom. The second-order valence-electron chi connectivity index (χ2n) is 23.5. The number of para-hydroxylation sites is 4. The van der Waals surface area contributed by atoms with Crippen molar-refractivity contribution < 1.29 is 0 Å². The molecule has 1 N–H and O–H groups in total.